The van der Waals surface area contributed by atoms with Gasteiger partial charge < -0.3 is 5.32 Å². The van der Waals surface area contributed by atoms with Crippen LogP contribution in [0.5, 0.6) is 0 Å². The molecule has 0 saturated heterocycles. The van der Waals surface area contributed by atoms with E-state index in [1.165, 1.54) is 12.1 Å². The fraction of sp³-hybridized carbons (Fsp3) is 0.500. The van der Waals surface area contributed by atoms with Crippen molar-refractivity contribution in [3.63, 3.8) is 0 Å². The Balaban J connectivity index is 2.05. The molecule has 6 heteroatoms. The predicted octanol–water partition coefficient (Wildman–Crippen LogP) is 2.11. The molecule has 1 saturated carbocycles. The van der Waals surface area contributed by atoms with Crippen molar-refractivity contribution in [2.45, 2.75) is 44.0 Å². The smallest absolute Gasteiger partial charge is 0.240 e. The number of hydrogen-bond acceptors (Lipinski definition) is 3. The van der Waals surface area contributed by atoms with Crippen molar-refractivity contribution in [2.24, 2.45) is 5.92 Å². The summed E-state index contributed by atoms with van der Waals surface area (Å²) in [4.78, 5) is 11.8. The fourth-order valence-electron chi connectivity index (χ4n) is 1.72. The summed E-state index contributed by atoms with van der Waals surface area (Å²) in [5.74, 6) is 0.142. The summed E-state index contributed by atoms with van der Waals surface area (Å²) in [7, 11) is -3.48. The van der Waals surface area contributed by atoms with Gasteiger partial charge in [0.1, 0.15) is 0 Å². The first-order valence-corrected chi connectivity index (χ1v) is 8.34. The van der Waals surface area contributed by atoms with Gasteiger partial charge in [-0.3, -0.25) is 4.79 Å². The first-order chi connectivity index (χ1) is 9.42. The van der Waals surface area contributed by atoms with Crippen LogP contribution in [0, 0.1) is 5.92 Å². The van der Waals surface area contributed by atoms with Crippen LogP contribution in [0.4, 0.5) is 5.69 Å². The van der Waals surface area contributed by atoms with Crippen molar-refractivity contribution in [3.05, 3.63) is 24.3 Å². The van der Waals surface area contributed by atoms with Gasteiger partial charge in [-0.15, -0.1) is 0 Å². The first kappa shape index (κ1) is 15.0. The molecule has 2 N–H and O–H groups in total. The van der Waals surface area contributed by atoms with Gasteiger partial charge in [0.15, 0.2) is 0 Å². The molecular weight excluding hydrogens is 276 g/mol. The van der Waals surface area contributed by atoms with E-state index in [1.807, 2.05) is 13.8 Å². The first-order valence-electron chi connectivity index (χ1n) is 6.85. The molecule has 0 heterocycles. The topological polar surface area (TPSA) is 75.3 Å². The molecule has 0 radical (unpaired) electrons. The second-order valence-corrected chi connectivity index (χ2v) is 6.93. The van der Waals surface area contributed by atoms with Crippen molar-refractivity contribution in [3.8, 4) is 0 Å². The summed E-state index contributed by atoms with van der Waals surface area (Å²) in [5, 5.41) is 2.78. The number of sulfonamides is 1. The van der Waals surface area contributed by atoms with Gasteiger partial charge in [-0.2, -0.15) is 0 Å². The minimum Gasteiger partial charge on any atom is -0.326 e. The Kier molecular flexibility index (Phi) is 4.45. The molecule has 2 rings (SSSR count). The zero-order chi connectivity index (χ0) is 14.8. The maximum Gasteiger partial charge on any atom is 0.240 e. The van der Waals surface area contributed by atoms with Gasteiger partial charge in [0.05, 0.1) is 4.90 Å². The Morgan fingerprint density at radius 3 is 2.40 bits per heavy atom. The Bertz CT molecular complexity index is 577. The standard InChI is InChI=1S/C14H20N2O3S/c1-3-10(2)16-20(18,19)13-8-6-12(7-9-13)15-14(17)11-4-5-11/h6-11,16H,3-5H2,1-2H3,(H,15,17)/t10-/m0/s1. The summed E-state index contributed by atoms with van der Waals surface area (Å²) in [6, 6.07) is 6.14. The van der Waals surface area contributed by atoms with Crippen LogP contribution in [-0.4, -0.2) is 20.4 Å². The number of benzene rings is 1. The Morgan fingerprint density at radius 2 is 1.90 bits per heavy atom. The predicted molar refractivity (Wildman–Crippen MR) is 77.9 cm³/mol. The van der Waals surface area contributed by atoms with Crippen LogP contribution in [0.2, 0.25) is 0 Å². The summed E-state index contributed by atoms with van der Waals surface area (Å²) in [6.45, 7) is 3.74. The van der Waals surface area contributed by atoms with Gasteiger partial charge >= 0.3 is 0 Å². The van der Waals surface area contributed by atoms with Crippen molar-refractivity contribution in [1.29, 1.82) is 0 Å². The molecule has 1 aromatic rings. The van der Waals surface area contributed by atoms with Crippen LogP contribution >= 0.6 is 0 Å². The number of anilines is 1. The van der Waals surface area contributed by atoms with Crippen molar-refractivity contribution < 1.29 is 13.2 Å². The number of nitrogens with one attached hydrogen (secondary N) is 2. The van der Waals surface area contributed by atoms with Crippen LogP contribution in [0.1, 0.15) is 33.1 Å². The maximum absolute atomic E-state index is 12.1. The molecule has 1 fully saturated rings. The van der Waals surface area contributed by atoms with E-state index in [9.17, 15) is 13.2 Å². The number of hydrogen-bond donors (Lipinski definition) is 2. The van der Waals surface area contributed by atoms with E-state index in [1.54, 1.807) is 12.1 Å². The molecule has 1 aliphatic carbocycles. The van der Waals surface area contributed by atoms with Gasteiger partial charge in [-0.05, 0) is 50.5 Å². The Labute approximate surface area is 119 Å². The summed E-state index contributed by atoms with van der Waals surface area (Å²) in [5.41, 5.74) is 0.629. The highest BCUT2D eigenvalue weighted by Crippen LogP contribution is 2.30. The lowest BCUT2D eigenvalue weighted by Crippen LogP contribution is -2.31. The molecule has 1 aliphatic rings. The SMILES string of the molecule is CC[C@H](C)NS(=O)(=O)c1ccc(NC(=O)C2CC2)cc1. The van der Waals surface area contributed by atoms with E-state index < -0.39 is 10.0 Å². The maximum atomic E-state index is 12.1. The lowest BCUT2D eigenvalue weighted by atomic mass is 10.3. The number of carbonyl (C=O) groups is 1. The fourth-order valence-corrected chi connectivity index (χ4v) is 3.05. The molecule has 0 aliphatic heterocycles. The minimum absolute atomic E-state index is 0.0123. The average molecular weight is 296 g/mol. The lowest BCUT2D eigenvalue weighted by molar-refractivity contribution is -0.117. The van der Waals surface area contributed by atoms with Gasteiger partial charge in [0.25, 0.3) is 0 Å². The molecule has 0 aromatic heterocycles. The van der Waals surface area contributed by atoms with E-state index in [4.69, 9.17) is 0 Å². The van der Waals surface area contributed by atoms with E-state index in [0.717, 1.165) is 19.3 Å². The molecular formula is C14H20N2O3S. The van der Waals surface area contributed by atoms with Crippen LogP contribution < -0.4 is 10.0 Å². The molecule has 1 atom stereocenters. The quantitative estimate of drug-likeness (QED) is 0.844. The minimum atomic E-state index is -3.48. The van der Waals surface area contributed by atoms with E-state index >= 15 is 0 Å². The normalized spacial score (nSPS) is 16.7. The number of carbonyl (C=O) groups excluding carboxylic acids is 1. The monoisotopic (exact) mass is 296 g/mol. The van der Waals surface area contributed by atoms with Crippen LogP contribution in [-0.2, 0) is 14.8 Å². The van der Waals surface area contributed by atoms with E-state index in [2.05, 4.69) is 10.0 Å². The highest BCUT2D eigenvalue weighted by Gasteiger charge is 2.29. The Hall–Kier alpha value is -1.40. The third kappa shape index (κ3) is 3.80. The zero-order valence-corrected chi connectivity index (χ0v) is 12.5. The lowest BCUT2D eigenvalue weighted by Gasteiger charge is -2.12. The Morgan fingerprint density at radius 1 is 1.30 bits per heavy atom. The van der Waals surface area contributed by atoms with Gasteiger partial charge in [0.2, 0.25) is 15.9 Å². The third-order valence-corrected chi connectivity index (χ3v) is 4.95. The molecule has 1 amide bonds. The number of amides is 1. The highest BCUT2D eigenvalue weighted by atomic mass is 32.2. The van der Waals surface area contributed by atoms with E-state index in [-0.39, 0.29) is 22.8 Å². The second kappa shape index (κ2) is 5.93. The second-order valence-electron chi connectivity index (χ2n) is 5.22. The van der Waals surface area contributed by atoms with Gasteiger partial charge in [-0.25, -0.2) is 13.1 Å². The van der Waals surface area contributed by atoms with E-state index in [0.29, 0.717) is 5.69 Å². The molecule has 0 unspecified atom stereocenters. The molecule has 0 bridgehead atoms. The van der Waals surface area contributed by atoms with Crippen LogP contribution in [0.25, 0.3) is 0 Å². The van der Waals surface area contributed by atoms with Crippen LogP contribution in [0.3, 0.4) is 0 Å². The van der Waals surface area contributed by atoms with Gasteiger partial charge in [-0.1, -0.05) is 6.92 Å². The number of rotatable bonds is 6. The summed E-state index contributed by atoms with van der Waals surface area (Å²) >= 11 is 0. The molecule has 110 valence electrons. The molecule has 20 heavy (non-hydrogen) atoms. The van der Waals surface area contributed by atoms with Crippen molar-refractivity contribution in [1.82, 2.24) is 4.72 Å². The van der Waals surface area contributed by atoms with Crippen LogP contribution in [0.15, 0.2) is 29.2 Å². The third-order valence-electron chi connectivity index (χ3n) is 3.35. The summed E-state index contributed by atoms with van der Waals surface area (Å²) in [6.07, 6.45) is 2.61. The molecule has 0 spiro atoms. The zero-order valence-electron chi connectivity index (χ0n) is 11.7. The van der Waals surface area contributed by atoms with Crippen molar-refractivity contribution in [2.75, 3.05) is 5.32 Å². The van der Waals surface area contributed by atoms with Gasteiger partial charge in [0, 0.05) is 17.6 Å². The highest BCUT2D eigenvalue weighted by molar-refractivity contribution is 7.89. The average Bonchev–Trinajstić information content (AvgIpc) is 3.23. The largest absolute Gasteiger partial charge is 0.326 e. The molecule has 5 nitrogen and oxygen atoms in total. The summed E-state index contributed by atoms with van der Waals surface area (Å²) < 4.78 is 26.7. The molecule has 1 aromatic carbocycles. The van der Waals surface area contributed by atoms with Crippen molar-refractivity contribution >= 4 is 21.6 Å².